The fourth-order valence-electron chi connectivity index (χ4n) is 2.66. The third kappa shape index (κ3) is 3.60. The molecule has 1 aliphatic heterocycles. The van der Waals surface area contributed by atoms with Gasteiger partial charge in [-0.2, -0.15) is 0 Å². The lowest BCUT2D eigenvalue weighted by Crippen LogP contribution is -2.35. The van der Waals surface area contributed by atoms with Gasteiger partial charge in [0.15, 0.2) is 0 Å². The van der Waals surface area contributed by atoms with Crippen molar-refractivity contribution in [1.29, 1.82) is 0 Å². The highest BCUT2D eigenvalue weighted by Crippen LogP contribution is 2.22. The minimum Gasteiger partial charge on any atom is -0.383 e. The Morgan fingerprint density at radius 1 is 1.40 bits per heavy atom. The van der Waals surface area contributed by atoms with E-state index in [9.17, 15) is 0 Å². The molecule has 0 saturated carbocycles. The second-order valence-electron chi connectivity index (χ2n) is 6.25. The molecular weight excluding hydrogens is 250 g/mol. The Morgan fingerprint density at radius 3 is 2.80 bits per heavy atom. The number of anilines is 2. The largest absolute Gasteiger partial charge is 0.383 e. The van der Waals surface area contributed by atoms with Gasteiger partial charge in [-0.1, -0.05) is 13.8 Å². The number of nitrogens with zero attached hydrogens (tertiary/aromatic N) is 3. The highest BCUT2D eigenvalue weighted by atomic mass is 15.1. The Hall–Kier alpha value is -1.36. The maximum absolute atomic E-state index is 5.99. The summed E-state index contributed by atoms with van der Waals surface area (Å²) in [6.45, 7) is 9.49. The van der Waals surface area contributed by atoms with E-state index in [0.29, 0.717) is 17.7 Å². The van der Waals surface area contributed by atoms with Gasteiger partial charge >= 0.3 is 0 Å². The Kier molecular flexibility index (Phi) is 4.81. The molecule has 1 unspecified atom stereocenters. The number of piperidine rings is 1. The van der Waals surface area contributed by atoms with Gasteiger partial charge in [0.25, 0.3) is 0 Å². The SMILES string of the molecule is Cc1c(N)nc(C(C)C)nc1NCC1CCCN(C)C1. The van der Waals surface area contributed by atoms with Crippen LogP contribution in [0.25, 0.3) is 0 Å². The Morgan fingerprint density at radius 2 is 2.15 bits per heavy atom. The molecule has 0 amide bonds. The van der Waals surface area contributed by atoms with Crippen LogP contribution < -0.4 is 11.1 Å². The number of nitrogens with two attached hydrogens (primary N) is 1. The Balaban J connectivity index is 2.04. The van der Waals surface area contributed by atoms with Crippen molar-refractivity contribution in [1.82, 2.24) is 14.9 Å². The third-order valence-electron chi connectivity index (χ3n) is 4.00. The summed E-state index contributed by atoms with van der Waals surface area (Å²) in [4.78, 5) is 11.4. The number of hydrogen-bond acceptors (Lipinski definition) is 5. The fourth-order valence-corrected chi connectivity index (χ4v) is 2.66. The van der Waals surface area contributed by atoms with E-state index in [1.165, 1.54) is 19.4 Å². The molecule has 0 spiro atoms. The molecule has 20 heavy (non-hydrogen) atoms. The van der Waals surface area contributed by atoms with Crippen molar-refractivity contribution in [2.45, 2.75) is 39.5 Å². The fraction of sp³-hybridized carbons (Fsp3) is 0.733. The van der Waals surface area contributed by atoms with Crippen molar-refractivity contribution < 1.29 is 0 Å². The lowest BCUT2D eigenvalue weighted by atomic mass is 9.98. The summed E-state index contributed by atoms with van der Waals surface area (Å²) in [6, 6.07) is 0. The molecule has 1 aliphatic rings. The van der Waals surface area contributed by atoms with Crippen LogP contribution in [0, 0.1) is 12.8 Å². The summed E-state index contributed by atoms with van der Waals surface area (Å²) in [5.41, 5.74) is 6.95. The van der Waals surface area contributed by atoms with E-state index >= 15 is 0 Å². The van der Waals surface area contributed by atoms with E-state index in [0.717, 1.165) is 30.3 Å². The van der Waals surface area contributed by atoms with Crippen LogP contribution in [-0.4, -0.2) is 41.5 Å². The normalized spacial score (nSPS) is 20.4. The number of likely N-dealkylation sites (tertiary alicyclic amines) is 1. The van der Waals surface area contributed by atoms with E-state index in [-0.39, 0.29) is 0 Å². The highest BCUT2D eigenvalue weighted by Gasteiger charge is 2.18. The molecule has 112 valence electrons. The zero-order valence-electron chi connectivity index (χ0n) is 13.1. The first-order chi connectivity index (χ1) is 9.47. The van der Waals surface area contributed by atoms with Crippen LogP contribution in [0.5, 0.6) is 0 Å². The molecule has 0 aromatic carbocycles. The number of hydrogen-bond donors (Lipinski definition) is 2. The van der Waals surface area contributed by atoms with Crippen LogP contribution in [0.2, 0.25) is 0 Å². The molecule has 2 heterocycles. The first-order valence-electron chi connectivity index (χ1n) is 7.53. The van der Waals surface area contributed by atoms with Gasteiger partial charge in [0.1, 0.15) is 17.5 Å². The molecule has 1 aromatic rings. The molecule has 1 saturated heterocycles. The van der Waals surface area contributed by atoms with E-state index in [1.54, 1.807) is 0 Å². The van der Waals surface area contributed by atoms with Gasteiger partial charge in [0.05, 0.1) is 0 Å². The number of nitrogen functional groups attached to an aromatic ring is 1. The van der Waals surface area contributed by atoms with Crippen LogP contribution in [0.3, 0.4) is 0 Å². The summed E-state index contributed by atoms with van der Waals surface area (Å²) < 4.78 is 0. The van der Waals surface area contributed by atoms with Crippen LogP contribution >= 0.6 is 0 Å². The van der Waals surface area contributed by atoms with Crippen molar-refractivity contribution in [3.8, 4) is 0 Å². The predicted molar refractivity (Wildman–Crippen MR) is 84.0 cm³/mol. The molecule has 5 nitrogen and oxygen atoms in total. The predicted octanol–water partition coefficient (Wildman–Crippen LogP) is 2.24. The van der Waals surface area contributed by atoms with Gasteiger partial charge in [0.2, 0.25) is 0 Å². The summed E-state index contributed by atoms with van der Waals surface area (Å²) in [7, 11) is 2.19. The van der Waals surface area contributed by atoms with Gasteiger partial charge in [-0.25, -0.2) is 9.97 Å². The van der Waals surface area contributed by atoms with Crippen molar-refractivity contribution in [2.24, 2.45) is 5.92 Å². The van der Waals surface area contributed by atoms with Gasteiger partial charge in [-0.05, 0) is 39.3 Å². The first-order valence-corrected chi connectivity index (χ1v) is 7.53. The molecular formula is C15H27N5. The van der Waals surface area contributed by atoms with E-state index in [2.05, 4.69) is 41.1 Å². The standard InChI is InChI=1S/C15H27N5/c1-10(2)14-18-13(16)11(3)15(19-14)17-8-12-6-5-7-20(4)9-12/h10,12H,5-9H2,1-4H3,(H3,16,17,18,19). The van der Waals surface area contributed by atoms with Crippen molar-refractivity contribution in [3.05, 3.63) is 11.4 Å². The monoisotopic (exact) mass is 277 g/mol. The van der Waals surface area contributed by atoms with Gasteiger partial charge in [-0.3, -0.25) is 0 Å². The van der Waals surface area contributed by atoms with E-state index in [4.69, 9.17) is 5.73 Å². The Labute approximate surface area is 122 Å². The second-order valence-corrected chi connectivity index (χ2v) is 6.25. The van der Waals surface area contributed by atoms with Crippen molar-refractivity contribution in [2.75, 3.05) is 37.7 Å². The van der Waals surface area contributed by atoms with Gasteiger partial charge in [0, 0.05) is 24.6 Å². The topological polar surface area (TPSA) is 67.1 Å². The van der Waals surface area contributed by atoms with Crippen molar-refractivity contribution in [3.63, 3.8) is 0 Å². The molecule has 0 radical (unpaired) electrons. The molecule has 2 rings (SSSR count). The second kappa shape index (κ2) is 6.39. The van der Waals surface area contributed by atoms with Crippen molar-refractivity contribution >= 4 is 11.6 Å². The number of rotatable bonds is 4. The molecule has 3 N–H and O–H groups in total. The summed E-state index contributed by atoms with van der Waals surface area (Å²) in [5, 5.41) is 3.48. The number of nitrogens with one attached hydrogen (secondary N) is 1. The minimum atomic E-state index is 0.291. The van der Waals surface area contributed by atoms with Crippen LogP contribution in [0.4, 0.5) is 11.6 Å². The van der Waals surface area contributed by atoms with Crippen LogP contribution in [0.15, 0.2) is 0 Å². The maximum atomic E-state index is 5.99. The van der Waals surface area contributed by atoms with Crippen LogP contribution in [0.1, 0.15) is 44.0 Å². The Bertz CT molecular complexity index is 458. The lowest BCUT2D eigenvalue weighted by molar-refractivity contribution is 0.217. The molecule has 0 bridgehead atoms. The first kappa shape index (κ1) is 15.0. The molecule has 1 atom stereocenters. The van der Waals surface area contributed by atoms with E-state index in [1.807, 2.05) is 6.92 Å². The highest BCUT2D eigenvalue weighted by molar-refractivity contribution is 5.55. The third-order valence-corrected chi connectivity index (χ3v) is 4.00. The minimum absolute atomic E-state index is 0.291. The molecule has 0 aliphatic carbocycles. The molecule has 5 heteroatoms. The van der Waals surface area contributed by atoms with Crippen LogP contribution in [-0.2, 0) is 0 Å². The van der Waals surface area contributed by atoms with E-state index < -0.39 is 0 Å². The summed E-state index contributed by atoms with van der Waals surface area (Å²) >= 11 is 0. The van der Waals surface area contributed by atoms with Gasteiger partial charge < -0.3 is 16.0 Å². The summed E-state index contributed by atoms with van der Waals surface area (Å²) in [5.74, 6) is 3.28. The zero-order valence-corrected chi connectivity index (χ0v) is 13.1. The van der Waals surface area contributed by atoms with Gasteiger partial charge in [-0.15, -0.1) is 0 Å². The molecule has 1 aromatic heterocycles. The molecule has 1 fully saturated rings. The zero-order chi connectivity index (χ0) is 14.7. The average molecular weight is 277 g/mol. The number of aromatic nitrogens is 2. The summed E-state index contributed by atoms with van der Waals surface area (Å²) in [6.07, 6.45) is 2.57. The average Bonchev–Trinajstić information content (AvgIpc) is 2.40. The smallest absolute Gasteiger partial charge is 0.135 e. The quantitative estimate of drug-likeness (QED) is 0.883. The lowest BCUT2D eigenvalue weighted by Gasteiger charge is -2.30. The maximum Gasteiger partial charge on any atom is 0.135 e.